The number of aryl methyl sites for hydroxylation is 1. The molecule has 0 saturated carbocycles. The molecule has 0 spiro atoms. The van der Waals surface area contributed by atoms with Crippen molar-refractivity contribution in [2.45, 2.75) is 57.4 Å². The Bertz CT molecular complexity index is 514. The number of hydrogen-bond acceptors (Lipinski definition) is 2. The van der Waals surface area contributed by atoms with Gasteiger partial charge in [0.15, 0.2) is 0 Å². The predicted molar refractivity (Wildman–Crippen MR) is 75.1 cm³/mol. The van der Waals surface area contributed by atoms with Gasteiger partial charge in [-0.3, -0.25) is 0 Å². The lowest BCUT2D eigenvalue weighted by molar-refractivity contribution is 0.526. The third-order valence-electron chi connectivity index (χ3n) is 3.04. The van der Waals surface area contributed by atoms with Crippen LogP contribution in [0.25, 0.3) is 0 Å². The quantitative estimate of drug-likeness (QED) is 0.781. The van der Waals surface area contributed by atoms with Crippen LogP contribution in [0.4, 0.5) is 4.39 Å². The molecule has 1 N–H and O–H groups in total. The molecular formula is C14H22FNO2S. The molecule has 0 aliphatic carbocycles. The molecule has 19 heavy (non-hydrogen) atoms. The van der Waals surface area contributed by atoms with Gasteiger partial charge in [0.05, 0.1) is 4.90 Å². The maximum atomic E-state index is 13.2. The first-order valence-corrected chi connectivity index (χ1v) is 8.13. The van der Waals surface area contributed by atoms with E-state index in [0.717, 1.165) is 31.7 Å². The molecule has 5 heteroatoms. The average Bonchev–Trinajstić information content (AvgIpc) is 2.32. The lowest BCUT2D eigenvalue weighted by Crippen LogP contribution is -2.33. The maximum Gasteiger partial charge on any atom is 0.241 e. The Hall–Kier alpha value is -0.940. The molecule has 0 aromatic heterocycles. The maximum absolute atomic E-state index is 13.2. The normalized spacial score (nSPS) is 13.5. The van der Waals surface area contributed by atoms with Crippen molar-refractivity contribution in [2.75, 3.05) is 0 Å². The number of halogens is 1. The van der Waals surface area contributed by atoms with E-state index in [1.165, 1.54) is 12.1 Å². The molecule has 0 saturated heterocycles. The van der Waals surface area contributed by atoms with Gasteiger partial charge in [0.25, 0.3) is 0 Å². The Morgan fingerprint density at radius 2 is 2.00 bits per heavy atom. The molecule has 0 heterocycles. The molecule has 0 radical (unpaired) electrons. The summed E-state index contributed by atoms with van der Waals surface area (Å²) in [5.74, 6) is -0.537. The second-order valence-corrected chi connectivity index (χ2v) is 6.61. The minimum Gasteiger partial charge on any atom is -0.208 e. The van der Waals surface area contributed by atoms with Crippen molar-refractivity contribution in [3.63, 3.8) is 0 Å². The van der Waals surface area contributed by atoms with E-state index in [-0.39, 0.29) is 10.9 Å². The van der Waals surface area contributed by atoms with Crippen molar-refractivity contribution in [3.8, 4) is 0 Å². The Kier molecular flexibility index (Phi) is 5.94. The molecule has 1 aromatic rings. The van der Waals surface area contributed by atoms with E-state index in [4.69, 9.17) is 0 Å². The first-order chi connectivity index (χ1) is 8.86. The smallest absolute Gasteiger partial charge is 0.208 e. The Morgan fingerprint density at radius 1 is 1.32 bits per heavy atom. The zero-order valence-corrected chi connectivity index (χ0v) is 12.6. The standard InChI is InChI=1S/C14H22FNO2S/c1-4-5-6-7-12(3)16-19(17,18)14-10-13(15)9-8-11(14)2/h8-10,12,16H,4-7H2,1-3H3. The fourth-order valence-corrected chi connectivity index (χ4v) is 3.49. The highest BCUT2D eigenvalue weighted by molar-refractivity contribution is 7.89. The molecule has 108 valence electrons. The van der Waals surface area contributed by atoms with Crippen LogP contribution in [0, 0.1) is 12.7 Å². The lowest BCUT2D eigenvalue weighted by atomic mass is 10.1. The summed E-state index contributed by atoms with van der Waals surface area (Å²) in [6.45, 7) is 5.60. The Morgan fingerprint density at radius 3 is 2.63 bits per heavy atom. The third-order valence-corrected chi connectivity index (χ3v) is 4.77. The van der Waals surface area contributed by atoms with Crippen LogP contribution in [0.3, 0.4) is 0 Å². The fraction of sp³-hybridized carbons (Fsp3) is 0.571. The summed E-state index contributed by atoms with van der Waals surface area (Å²) >= 11 is 0. The van der Waals surface area contributed by atoms with Gasteiger partial charge in [-0.05, 0) is 38.0 Å². The van der Waals surface area contributed by atoms with Gasteiger partial charge in [0.1, 0.15) is 5.82 Å². The number of hydrogen-bond donors (Lipinski definition) is 1. The van der Waals surface area contributed by atoms with Crippen LogP contribution in [0.1, 0.15) is 45.1 Å². The number of benzene rings is 1. The van der Waals surface area contributed by atoms with Gasteiger partial charge in [-0.1, -0.05) is 32.3 Å². The number of nitrogens with one attached hydrogen (secondary N) is 1. The van der Waals surface area contributed by atoms with E-state index in [2.05, 4.69) is 11.6 Å². The van der Waals surface area contributed by atoms with E-state index in [1.54, 1.807) is 6.92 Å². The SMILES string of the molecule is CCCCCC(C)NS(=O)(=O)c1cc(F)ccc1C. The summed E-state index contributed by atoms with van der Waals surface area (Å²) in [4.78, 5) is 0.0230. The van der Waals surface area contributed by atoms with Crippen LogP contribution in [-0.4, -0.2) is 14.5 Å². The molecule has 1 rings (SSSR count). The summed E-state index contributed by atoms with van der Waals surface area (Å²) in [5.41, 5.74) is 0.551. The molecule has 3 nitrogen and oxygen atoms in total. The van der Waals surface area contributed by atoms with Crippen LogP contribution in [0.15, 0.2) is 23.1 Å². The van der Waals surface area contributed by atoms with Gasteiger partial charge in [0, 0.05) is 6.04 Å². The molecule has 0 aliphatic rings. The van der Waals surface area contributed by atoms with Crippen molar-refractivity contribution >= 4 is 10.0 Å². The second-order valence-electron chi connectivity index (χ2n) is 4.93. The predicted octanol–water partition coefficient (Wildman–Crippen LogP) is 3.38. The Labute approximate surface area is 115 Å². The van der Waals surface area contributed by atoms with Crippen molar-refractivity contribution in [1.82, 2.24) is 4.72 Å². The fourth-order valence-electron chi connectivity index (χ4n) is 1.95. The molecule has 1 atom stereocenters. The highest BCUT2D eigenvalue weighted by atomic mass is 32.2. The van der Waals surface area contributed by atoms with E-state index in [0.29, 0.717) is 5.56 Å². The van der Waals surface area contributed by atoms with Crippen LogP contribution in [0.5, 0.6) is 0 Å². The van der Waals surface area contributed by atoms with Crippen LogP contribution >= 0.6 is 0 Å². The molecule has 0 fully saturated rings. The summed E-state index contributed by atoms with van der Waals surface area (Å²) in [7, 11) is -3.64. The Balaban J connectivity index is 2.78. The molecular weight excluding hydrogens is 265 g/mol. The van der Waals surface area contributed by atoms with Crippen LogP contribution < -0.4 is 4.72 Å². The zero-order valence-electron chi connectivity index (χ0n) is 11.7. The van der Waals surface area contributed by atoms with Gasteiger partial charge < -0.3 is 0 Å². The molecule has 0 aliphatic heterocycles. The summed E-state index contributed by atoms with van der Waals surface area (Å²) < 4.78 is 40.1. The van der Waals surface area contributed by atoms with Gasteiger partial charge >= 0.3 is 0 Å². The number of rotatable bonds is 7. The summed E-state index contributed by atoms with van der Waals surface area (Å²) in [6.07, 6.45) is 3.97. The lowest BCUT2D eigenvalue weighted by Gasteiger charge is -2.15. The average molecular weight is 287 g/mol. The van der Waals surface area contributed by atoms with E-state index >= 15 is 0 Å². The number of unbranched alkanes of at least 4 members (excludes halogenated alkanes) is 2. The van der Waals surface area contributed by atoms with E-state index < -0.39 is 15.8 Å². The molecule has 1 unspecified atom stereocenters. The van der Waals surface area contributed by atoms with Gasteiger partial charge in [-0.25, -0.2) is 17.5 Å². The summed E-state index contributed by atoms with van der Waals surface area (Å²) in [5, 5.41) is 0. The second kappa shape index (κ2) is 7.01. The van der Waals surface area contributed by atoms with E-state index in [9.17, 15) is 12.8 Å². The minimum atomic E-state index is -3.64. The monoisotopic (exact) mass is 287 g/mol. The first-order valence-electron chi connectivity index (χ1n) is 6.65. The van der Waals surface area contributed by atoms with Crippen molar-refractivity contribution < 1.29 is 12.8 Å². The van der Waals surface area contributed by atoms with Gasteiger partial charge in [-0.15, -0.1) is 0 Å². The molecule has 0 amide bonds. The van der Waals surface area contributed by atoms with Crippen molar-refractivity contribution in [1.29, 1.82) is 0 Å². The third kappa shape index (κ3) is 4.91. The highest BCUT2D eigenvalue weighted by Crippen LogP contribution is 2.17. The summed E-state index contributed by atoms with van der Waals surface area (Å²) in [6, 6.07) is 3.67. The zero-order chi connectivity index (χ0) is 14.5. The molecule has 1 aromatic carbocycles. The number of sulfonamides is 1. The van der Waals surface area contributed by atoms with Gasteiger partial charge in [-0.2, -0.15) is 0 Å². The van der Waals surface area contributed by atoms with Crippen molar-refractivity contribution in [3.05, 3.63) is 29.6 Å². The van der Waals surface area contributed by atoms with E-state index in [1.807, 2.05) is 6.92 Å². The van der Waals surface area contributed by atoms with Gasteiger partial charge in [0.2, 0.25) is 10.0 Å². The first kappa shape index (κ1) is 16.1. The topological polar surface area (TPSA) is 46.2 Å². The largest absolute Gasteiger partial charge is 0.241 e. The van der Waals surface area contributed by atoms with Crippen LogP contribution in [0.2, 0.25) is 0 Å². The molecule has 0 bridgehead atoms. The highest BCUT2D eigenvalue weighted by Gasteiger charge is 2.19. The van der Waals surface area contributed by atoms with Crippen LogP contribution in [-0.2, 0) is 10.0 Å². The van der Waals surface area contributed by atoms with Crippen molar-refractivity contribution in [2.24, 2.45) is 0 Å². The minimum absolute atomic E-state index is 0.0230.